The predicted molar refractivity (Wildman–Crippen MR) is 29.1 cm³/mol. The van der Waals surface area contributed by atoms with Gasteiger partial charge < -0.3 is 4.90 Å². The first kappa shape index (κ1) is 4.91. The van der Waals surface area contributed by atoms with Crippen molar-refractivity contribution in [3.63, 3.8) is 0 Å². The van der Waals surface area contributed by atoms with Crippen molar-refractivity contribution in [1.29, 1.82) is 0 Å². The summed E-state index contributed by atoms with van der Waals surface area (Å²) in [4.78, 5) is 5.43. The van der Waals surface area contributed by atoms with Gasteiger partial charge in [0, 0.05) is 7.05 Å². The van der Waals surface area contributed by atoms with Crippen molar-refractivity contribution in [2.24, 2.45) is 4.99 Å². The zero-order valence-corrected chi connectivity index (χ0v) is 4.68. The van der Waals surface area contributed by atoms with Crippen molar-refractivity contribution >= 4 is 17.9 Å². The van der Waals surface area contributed by atoms with Gasteiger partial charge in [-0.25, -0.2) is 0 Å². The highest BCUT2D eigenvalue weighted by Crippen LogP contribution is 2.09. The summed E-state index contributed by atoms with van der Waals surface area (Å²) in [6.45, 7) is 2.63. The fourth-order valence-corrected chi connectivity index (χ4v) is 0.442. The summed E-state index contributed by atoms with van der Waals surface area (Å²) in [6.07, 6.45) is 1.64. The Hall–Kier alpha value is -0.240. The van der Waals surface area contributed by atoms with Crippen molar-refractivity contribution in [2.75, 3.05) is 7.05 Å². The molecule has 0 fully saturated rings. The number of nitrogens with zero attached hydrogens (tertiary/aromatic N) is 2. The smallest absolute Gasteiger partial charge is 0.158 e. The molecular formula is C4H5ClN2. The number of aliphatic imine (C=N–C) groups is 1. The van der Waals surface area contributed by atoms with Gasteiger partial charge in [0.15, 0.2) is 6.54 Å². The Kier molecular flexibility index (Phi) is 1.19. The Morgan fingerprint density at radius 3 is 2.86 bits per heavy atom. The van der Waals surface area contributed by atoms with Gasteiger partial charge in [-0.2, -0.15) is 0 Å². The lowest BCUT2D eigenvalue weighted by atomic mass is 10.6. The third-order valence-corrected chi connectivity index (χ3v) is 1.18. The quantitative estimate of drug-likeness (QED) is 0.334. The summed E-state index contributed by atoms with van der Waals surface area (Å²) >= 11 is 5.55. The molecule has 0 aromatic carbocycles. The molecule has 2 nitrogen and oxygen atoms in total. The minimum absolute atomic E-state index is 0.153. The monoisotopic (exact) mass is 116 g/mol. The number of halogens is 1. The Bertz CT molecular complexity index is 91.7. The van der Waals surface area contributed by atoms with Gasteiger partial charge in [0.2, 0.25) is 0 Å². The van der Waals surface area contributed by atoms with E-state index in [2.05, 4.69) is 11.5 Å². The SMILES string of the molecule is CN1C=N[C]C1Cl. The lowest BCUT2D eigenvalue weighted by molar-refractivity contribution is 0.545. The lowest BCUT2D eigenvalue weighted by Gasteiger charge is -2.08. The van der Waals surface area contributed by atoms with Gasteiger partial charge in [-0.1, -0.05) is 11.6 Å². The zero-order chi connectivity index (χ0) is 5.28. The molecule has 1 aliphatic rings. The molecule has 0 saturated heterocycles. The molecule has 1 aliphatic heterocycles. The van der Waals surface area contributed by atoms with E-state index in [4.69, 9.17) is 11.6 Å². The van der Waals surface area contributed by atoms with E-state index in [0.29, 0.717) is 0 Å². The molecule has 1 heterocycles. The Balaban J connectivity index is 2.45. The normalized spacial score (nSPS) is 29.4. The van der Waals surface area contributed by atoms with E-state index < -0.39 is 0 Å². The standard InChI is InChI=1S/C4H5ClN2/c1-7-3-6-2-4(7)5/h3-4H,1H3. The van der Waals surface area contributed by atoms with Gasteiger partial charge in [-0.05, 0) is 0 Å². The third kappa shape index (κ3) is 0.855. The number of hydrogen-bond acceptors (Lipinski definition) is 2. The van der Waals surface area contributed by atoms with Crippen LogP contribution in [0.25, 0.3) is 0 Å². The topological polar surface area (TPSA) is 15.6 Å². The van der Waals surface area contributed by atoms with Crippen molar-refractivity contribution in [1.82, 2.24) is 4.90 Å². The second kappa shape index (κ2) is 1.70. The van der Waals surface area contributed by atoms with E-state index in [1.165, 1.54) is 0 Å². The van der Waals surface area contributed by atoms with Gasteiger partial charge in [0.25, 0.3) is 0 Å². The first-order chi connectivity index (χ1) is 3.30. The molecular weight excluding hydrogens is 112 g/mol. The molecule has 0 aliphatic carbocycles. The lowest BCUT2D eigenvalue weighted by Crippen LogP contribution is -2.19. The fraction of sp³-hybridized carbons (Fsp3) is 0.500. The molecule has 0 aromatic heterocycles. The molecule has 1 atom stereocenters. The third-order valence-electron chi connectivity index (χ3n) is 0.779. The maximum atomic E-state index is 5.55. The van der Waals surface area contributed by atoms with Crippen molar-refractivity contribution in [2.45, 2.75) is 5.50 Å². The summed E-state index contributed by atoms with van der Waals surface area (Å²) in [5.74, 6) is 0. The molecule has 0 N–H and O–H groups in total. The summed E-state index contributed by atoms with van der Waals surface area (Å²) < 4.78 is 0. The van der Waals surface area contributed by atoms with Gasteiger partial charge in [0.05, 0.1) is 6.34 Å². The molecule has 1 rings (SSSR count). The first-order valence-electron chi connectivity index (χ1n) is 1.95. The highest BCUT2D eigenvalue weighted by Gasteiger charge is 2.12. The minimum atomic E-state index is -0.153. The molecule has 0 bridgehead atoms. The van der Waals surface area contributed by atoms with Gasteiger partial charge in [-0.3, -0.25) is 4.99 Å². The van der Waals surface area contributed by atoms with E-state index in [9.17, 15) is 0 Å². The van der Waals surface area contributed by atoms with E-state index in [1.807, 2.05) is 7.05 Å². The number of alkyl halides is 1. The summed E-state index contributed by atoms with van der Waals surface area (Å²) in [5.41, 5.74) is -0.153. The summed E-state index contributed by atoms with van der Waals surface area (Å²) in [6, 6.07) is 0. The largest absolute Gasteiger partial charge is 0.347 e. The number of rotatable bonds is 0. The maximum Gasteiger partial charge on any atom is 0.158 e. The molecule has 3 heteroatoms. The van der Waals surface area contributed by atoms with Crippen molar-refractivity contribution in [3.8, 4) is 0 Å². The molecule has 7 heavy (non-hydrogen) atoms. The highest BCUT2D eigenvalue weighted by atomic mass is 35.5. The second-order valence-corrected chi connectivity index (χ2v) is 1.79. The average Bonchev–Trinajstić information content (AvgIpc) is 1.91. The summed E-state index contributed by atoms with van der Waals surface area (Å²) in [7, 11) is 1.85. The average molecular weight is 117 g/mol. The second-order valence-electron chi connectivity index (χ2n) is 1.37. The van der Waals surface area contributed by atoms with Crippen LogP contribution >= 0.6 is 11.6 Å². The van der Waals surface area contributed by atoms with Gasteiger partial charge >= 0.3 is 0 Å². The van der Waals surface area contributed by atoms with E-state index in [1.54, 1.807) is 11.2 Å². The van der Waals surface area contributed by atoms with Crippen LogP contribution in [0.15, 0.2) is 4.99 Å². The molecule has 2 radical (unpaired) electrons. The van der Waals surface area contributed by atoms with Gasteiger partial charge in [0.1, 0.15) is 5.50 Å². The van der Waals surface area contributed by atoms with Crippen LogP contribution in [0, 0.1) is 6.54 Å². The molecule has 0 aromatic rings. The number of likely N-dealkylation sites (N-methyl/N-ethyl adjacent to an activating group) is 1. The van der Waals surface area contributed by atoms with Crippen LogP contribution in [0.1, 0.15) is 0 Å². The minimum Gasteiger partial charge on any atom is -0.347 e. The Morgan fingerprint density at radius 1 is 2.00 bits per heavy atom. The molecule has 0 saturated carbocycles. The predicted octanol–water partition coefficient (Wildman–Crippen LogP) is 0.564. The van der Waals surface area contributed by atoms with Crippen LogP contribution in [-0.4, -0.2) is 23.8 Å². The maximum absolute atomic E-state index is 5.55. The first-order valence-corrected chi connectivity index (χ1v) is 2.39. The van der Waals surface area contributed by atoms with Crippen LogP contribution in [0.4, 0.5) is 0 Å². The molecule has 38 valence electrons. The van der Waals surface area contributed by atoms with Crippen molar-refractivity contribution in [3.05, 3.63) is 6.54 Å². The number of hydrogen-bond donors (Lipinski definition) is 0. The van der Waals surface area contributed by atoms with Crippen LogP contribution in [0.2, 0.25) is 0 Å². The zero-order valence-electron chi connectivity index (χ0n) is 3.93. The van der Waals surface area contributed by atoms with Crippen molar-refractivity contribution < 1.29 is 0 Å². The van der Waals surface area contributed by atoms with Crippen LogP contribution in [-0.2, 0) is 0 Å². The van der Waals surface area contributed by atoms with E-state index >= 15 is 0 Å². The Labute approximate surface area is 47.8 Å². The van der Waals surface area contributed by atoms with Crippen LogP contribution in [0.5, 0.6) is 0 Å². The fourth-order valence-electron chi connectivity index (χ4n) is 0.336. The Morgan fingerprint density at radius 2 is 2.71 bits per heavy atom. The highest BCUT2D eigenvalue weighted by molar-refractivity contribution is 6.22. The molecule has 1 unspecified atom stereocenters. The van der Waals surface area contributed by atoms with Gasteiger partial charge in [-0.15, -0.1) is 0 Å². The van der Waals surface area contributed by atoms with E-state index in [-0.39, 0.29) is 5.50 Å². The summed E-state index contributed by atoms with van der Waals surface area (Å²) in [5, 5.41) is 0. The van der Waals surface area contributed by atoms with E-state index in [0.717, 1.165) is 0 Å². The molecule has 0 amide bonds. The molecule has 0 spiro atoms. The van der Waals surface area contributed by atoms with Crippen LogP contribution in [0.3, 0.4) is 0 Å². The van der Waals surface area contributed by atoms with Crippen LogP contribution < -0.4 is 0 Å².